The fourth-order valence-electron chi connectivity index (χ4n) is 3.97. The van der Waals surface area contributed by atoms with Crippen molar-refractivity contribution in [2.24, 2.45) is 7.05 Å². The second-order valence-electron chi connectivity index (χ2n) is 7.48. The number of amides is 1. The zero-order chi connectivity index (χ0) is 21.9. The number of hydrogen-bond acceptors (Lipinski definition) is 4. The molecule has 0 fully saturated rings. The summed E-state index contributed by atoms with van der Waals surface area (Å²) in [7, 11) is 7.79. The van der Waals surface area contributed by atoms with Gasteiger partial charge in [0, 0.05) is 35.4 Å². The van der Waals surface area contributed by atoms with Gasteiger partial charge in [-0.1, -0.05) is 23.7 Å². The summed E-state index contributed by atoms with van der Waals surface area (Å²) in [5.41, 5.74) is 0.215. The van der Waals surface area contributed by atoms with Gasteiger partial charge in [0.1, 0.15) is 11.4 Å². The van der Waals surface area contributed by atoms with Crippen LogP contribution < -0.4 is 0 Å². The molecule has 0 spiro atoms. The number of halogens is 2. The molecule has 6 nitrogen and oxygen atoms in total. The molecule has 1 aliphatic heterocycles. The summed E-state index contributed by atoms with van der Waals surface area (Å²) in [5.74, 6) is -1.16. The average Bonchev–Trinajstić information content (AvgIpc) is 3.20. The summed E-state index contributed by atoms with van der Waals surface area (Å²) in [6.45, 7) is -0.315. The maximum atomic E-state index is 15.2. The van der Waals surface area contributed by atoms with E-state index in [0.29, 0.717) is 5.56 Å². The number of aryl methyl sites for hydroxylation is 1. The minimum atomic E-state index is -2.16. The van der Waals surface area contributed by atoms with Gasteiger partial charge in [0.25, 0.3) is 5.91 Å². The Morgan fingerprint density at radius 1 is 1.23 bits per heavy atom. The predicted molar refractivity (Wildman–Crippen MR) is 115 cm³/mol. The van der Waals surface area contributed by atoms with E-state index in [0.717, 1.165) is 21.4 Å². The summed E-state index contributed by atoms with van der Waals surface area (Å²) >= 11 is 6.43. The van der Waals surface area contributed by atoms with Gasteiger partial charge < -0.3 is 10.0 Å². The van der Waals surface area contributed by atoms with Gasteiger partial charge in [-0.2, -0.15) is 5.10 Å². The zero-order valence-electron chi connectivity index (χ0n) is 16.4. The number of benzene rings is 2. The van der Waals surface area contributed by atoms with Crippen molar-refractivity contribution in [2.75, 3.05) is 0 Å². The van der Waals surface area contributed by atoms with E-state index in [1.807, 2.05) is 31.4 Å². The van der Waals surface area contributed by atoms with Crippen molar-refractivity contribution in [1.29, 1.82) is 0 Å². The Morgan fingerprint density at radius 3 is 2.74 bits per heavy atom. The molecule has 1 atom stereocenters. The lowest BCUT2D eigenvalue weighted by atomic mass is 9.87. The number of fused-ring (bicyclic) bond motifs is 2. The Balaban J connectivity index is 1.55. The number of aromatic nitrogens is 3. The van der Waals surface area contributed by atoms with Gasteiger partial charge in [-0.15, -0.1) is 0 Å². The van der Waals surface area contributed by atoms with Crippen LogP contribution in [0.1, 0.15) is 21.6 Å². The second-order valence-corrected chi connectivity index (χ2v) is 7.88. The Kier molecular flexibility index (Phi) is 4.39. The van der Waals surface area contributed by atoms with E-state index in [9.17, 15) is 9.90 Å². The molecule has 0 saturated heterocycles. The summed E-state index contributed by atoms with van der Waals surface area (Å²) in [6, 6.07) is 11.6. The van der Waals surface area contributed by atoms with Gasteiger partial charge in [-0.3, -0.25) is 14.5 Å². The molecular weight excluding hydrogens is 418 g/mol. The molecule has 2 radical (unpaired) electrons. The highest BCUT2D eigenvalue weighted by atomic mass is 35.5. The van der Waals surface area contributed by atoms with E-state index in [1.54, 1.807) is 16.8 Å². The highest BCUT2D eigenvalue weighted by Gasteiger charge is 2.45. The molecule has 2 aromatic heterocycles. The first kappa shape index (κ1) is 19.7. The van der Waals surface area contributed by atoms with Crippen LogP contribution in [0, 0.1) is 5.82 Å². The Bertz CT molecular complexity index is 1350. The highest BCUT2D eigenvalue weighted by molar-refractivity contribution is 6.31. The van der Waals surface area contributed by atoms with Gasteiger partial charge in [0.2, 0.25) is 0 Å². The van der Waals surface area contributed by atoms with Crippen molar-refractivity contribution in [3.63, 3.8) is 0 Å². The molecule has 1 aliphatic rings. The van der Waals surface area contributed by atoms with E-state index >= 15 is 4.39 Å². The Morgan fingerprint density at radius 2 is 2.00 bits per heavy atom. The van der Waals surface area contributed by atoms with Crippen molar-refractivity contribution < 1.29 is 14.3 Å². The van der Waals surface area contributed by atoms with E-state index in [1.165, 1.54) is 18.3 Å². The van der Waals surface area contributed by atoms with Crippen LogP contribution in [0.4, 0.5) is 4.39 Å². The maximum Gasteiger partial charge on any atom is 0.258 e. The largest absolute Gasteiger partial charge is 0.374 e. The first-order valence-corrected chi connectivity index (χ1v) is 9.84. The molecule has 1 N–H and O–H groups in total. The third-order valence-corrected chi connectivity index (χ3v) is 5.81. The summed E-state index contributed by atoms with van der Waals surface area (Å²) in [6.07, 6.45) is 3.28. The number of aliphatic hydroxyl groups is 1. The molecule has 2 aromatic carbocycles. The minimum Gasteiger partial charge on any atom is -0.374 e. The van der Waals surface area contributed by atoms with E-state index in [2.05, 4.69) is 10.1 Å². The molecule has 152 valence electrons. The van der Waals surface area contributed by atoms with Crippen molar-refractivity contribution in [3.05, 3.63) is 82.5 Å². The second kappa shape index (κ2) is 6.90. The van der Waals surface area contributed by atoms with E-state index in [4.69, 9.17) is 19.4 Å². The fraction of sp³-hybridized carbons (Fsp3) is 0.136. The topological polar surface area (TPSA) is 71.2 Å². The molecule has 31 heavy (non-hydrogen) atoms. The van der Waals surface area contributed by atoms with Crippen molar-refractivity contribution in [2.45, 2.75) is 12.2 Å². The van der Waals surface area contributed by atoms with Gasteiger partial charge in [-0.25, -0.2) is 4.39 Å². The average molecular weight is 433 g/mol. The van der Waals surface area contributed by atoms with Gasteiger partial charge in [0.15, 0.2) is 7.85 Å². The first-order chi connectivity index (χ1) is 14.8. The van der Waals surface area contributed by atoms with Crippen molar-refractivity contribution >= 4 is 36.3 Å². The van der Waals surface area contributed by atoms with Crippen LogP contribution in [-0.4, -0.2) is 38.5 Å². The predicted octanol–water partition coefficient (Wildman–Crippen LogP) is 3.35. The molecule has 0 saturated carbocycles. The molecule has 0 bridgehead atoms. The third-order valence-electron chi connectivity index (χ3n) is 5.48. The van der Waals surface area contributed by atoms with Crippen LogP contribution in [0.2, 0.25) is 5.02 Å². The normalized spacial score (nSPS) is 18.1. The first-order valence-electron chi connectivity index (χ1n) is 9.46. The number of rotatable bonds is 3. The summed E-state index contributed by atoms with van der Waals surface area (Å²) < 4.78 is 16.9. The number of hydrogen-bond donors (Lipinski definition) is 1. The number of nitrogens with zero attached hydrogens (tertiary/aromatic N) is 4. The molecule has 1 unspecified atom stereocenters. The molecule has 9 heteroatoms. The Labute approximate surface area is 183 Å². The van der Waals surface area contributed by atoms with E-state index in [-0.39, 0.29) is 28.4 Å². The lowest BCUT2D eigenvalue weighted by molar-refractivity contribution is -0.0227. The van der Waals surface area contributed by atoms with Gasteiger partial charge in [0.05, 0.1) is 23.3 Å². The van der Waals surface area contributed by atoms with Crippen LogP contribution in [0.25, 0.3) is 22.0 Å². The molecule has 4 aromatic rings. The monoisotopic (exact) mass is 432 g/mol. The smallest absolute Gasteiger partial charge is 0.258 e. The van der Waals surface area contributed by atoms with Gasteiger partial charge in [-0.05, 0) is 41.5 Å². The summed E-state index contributed by atoms with van der Waals surface area (Å²) in [4.78, 5) is 17.7. The standard InChI is InChI=1S/C22H15BClFN4O2/c1-28-10-15-13(4-2-6-19(15)27-28)12-8-17(24)16(18(25)9-12)11-29-21(30)14-5-3-7-26-20(14)22(29,23)31/h2-10,31H,11H2,1H3. The lowest BCUT2D eigenvalue weighted by Gasteiger charge is -2.31. The maximum absolute atomic E-state index is 15.2. The fourth-order valence-corrected chi connectivity index (χ4v) is 4.24. The van der Waals surface area contributed by atoms with E-state index < -0.39 is 17.3 Å². The highest BCUT2D eigenvalue weighted by Crippen LogP contribution is 2.37. The SMILES string of the molecule is [B]C1(O)c2ncccc2C(=O)N1Cc1c(F)cc(-c2cccc3nn(C)cc23)cc1Cl. The zero-order valence-corrected chi connectivity index (χ0v) is 17.1. The molecule has 1 amide bonds. The molecule has 0 aliphatic carbocycles. The molecule has 5 rings (SSSR count). The molecule has 3 heterocycles. The van der Waals surface area contributed by atoms with Crippen molar-refractivity contribution in [1.82, 2.24) is 19.7 Å². The van der Waals surface area contributed by atoms with Crippen LogP contribution in [0.15, 0.2) is 54.9 Å². The lowest BCUT2D eigenvalue weighted by Crippen LogP contribution is -2.44. The van der Waals surface area contributed by atoms with Gasteiger partial charge >= 0.3 is 0 Å². The number of carbonyl (C=O) groups excluding carboxylic acids is 1. The third kappa shape index (κ3) is 3.02. The number of pyridine rings is 1. The van der Waals surface area contributed by atoms with Crippen LogP contribution in [-0.2, 0) is 19.2 Å². The van der Waals surface area contributed by atoms with Crippen LogP contribution in [0.3, 0.4) is 0 Å². The van der Waals surface area contributed by atoms with Crippen LogP contribution in [0.5, 0.6) is 0 Å². The Hall–Kier alpha value is -3.23. The molecular formula is C22H15BClFN4O2. The number of carbonyl (C=O) groups is 1. The van der Waals surface area contributed by atoms with Crippen LogP contribution >= 0.6 is 11.6 Å². The summed E-state index contributed by atoms with van der Waals surface area (Å²) in [5, 5.41) is 16.1. The van der Waals surface area contributed by atoms with Crippen molar-refractivity contribution in [3.8, 4) is 11.1 Å². The minimum absolute atomic E-state index is 0.0245. The quantitative estimate of drug-likeness (QED) is 0.504.